The molecule has 8 rings (SSSR count). The van der Waals surface area contributed by atoms with Crippen LogP contribution < -0.4 is 38.8 Å². The van der Waals surface area contributed by atoms with Crippen molar-refractivity contribution in [1.29, 1.82) is 0 Å². The Labute approximate surface area is 454 Å². The van der Waals surface area contributed by atoms with Crippen LogP contribution in [0.3, 0.4) is 0 Å². The first-order valence-corrected chi connectivity index (χ1v) is 27.3. The minimum Gasteiger partial charge on any atom is -0.496 e. The molecule has 0 saturated carbocycles. The molecule has 0 N–H and O–H groups in total. The van der Waals surface area contributed by atoms with Crippen LogP contribution in [0.15, 0.2) is 155 Å². The normalized spacial score (nSPS) is 13.9. The standard InChI is InChI=1S/C62H64O13Si/c1-62(2,3)76(8,9)75-50(48-31-44-33-52(60(64)69-7)74-61(65)53(44)58(72-38-42-26-18-12-19-27-42)56(48)71-37-41-24-16-11-17-25-41)34-46(63)30-45-32-47-49(66-4)35-51(67-5)57(68-6)54(47)59(73-39-43-28-20-13-21-29-43)55(45)70-36-40-22-14-10-15-23-40/h10-29,31-33,35,50H,30,34,36-39H2,1-9H3/i7D3,30D2,34D2. The number of fused-ring (bicyclic) bond motifs is 2. The Hall–Kier alpha value is -8.07. The molecule has 1 heterocycles. The topological polar surface area (TPSA) is 147 Å². The molecule has 0 fully saturated rings. The van der Waals surface area contributed by atoms with Gasteiger partial charge in [-0.15, -0.1) is 0 Å². The second kappa shape index (κ2) is 24.1. The number of hydrogen-bond acceptors (Lipinski definition) is 13. The molecular weight excluding hydrogens is 981 g/mol. The lowest BCUT2D eigenvalue weighted by atomic mass is 9.94. The summed E-state index contributed by atoms with van der Waals surface area (Å²) in [5, 5.41) is -0.778. The molecule has 14 heteroatoms. The highest BCUT2D eigenvalue weighted by atomic mass is 28.4. The van der Waals surface area contributed by atoms with Gasteiger partial charge in [-0.25, -0.2) is 9.59 Å². The molecule has 0 aliphatic rings. The number of Topliss-reactive ketones (excluding diaryl/α,β-unsaturated/α-hetero) is 1. The number of methoxy groups -OCH3 is 4. The summed E-state index contributed by atoms with van der Waals surface area (Å²) < 4.78 is 125. The van der Waals surface area contributed by atoms with E-state index in [9.17, 15) is 15.1 Å². The van der Waals surface area contributed by atoms with E-state index < -0.39 is 67.9 Å². The van der Waals surface area contributed by atoms with Crippen molar-refractivity contribution in [2.45, 2.75) is 84.2 Å². The molecule has 0 radical (unpaired) electrons. The van der Waals surface area contributed by atoms with Crippen molar-refractivity contribution in [3.8, 4) is 40.2 Å². The van der Waals surface area contributed by atoms with Crippen molar-refractivity contribution in [3.63, 3.8) is 0 Å². The van der Waals surface area contributed by atoms with E-state index in [1.807, 2.05) is 70.3 Å². The third-order valence-corrected chi connectivity index (χ3v) is 17.5. The van der Waals surface area contributed by atoms with Crippen molar-refractivity contribution in [3.05, 3.63) is 195 Å². The molecular formula is C62H64O13Si. The molecule has 1 aromatic heterocycles. The zero-order valence-corrected chi connectivity index (χ0v) is 44.6. The SMILES string of the molecule is [2H]C([2H])([2H])OC(=O)c1cc2cc(C(O[Si](C)(C)C(C)(C)C)C([2H])([2H])C(=O)C([2H])([2H])c3cc4c(OC)cc(OC)c(OC)c4c(OCc4ccccc4)c3OCc3ccccc3)c(OCc3ccccc3)c(OCc3ccccc3)c2c(=O)o1. The van der Waals surface area contributed by atoms with E-state index in [1.54, 1.807) is 84.9 Å². The van der Waals surface area contributed by atoms with E-state index in [2.05, 4.69) is 4.74 Å². The number of rotatable bonds is 23. The highest BCUT2D eigenvalue weighted by Gasteiger charge is 2.41. The van der Waals surface area contributed by atoms with Gasteiger partial charge >= 0.3 is 11.6 Å². The monoisotopic (exact) mass is 1050 g/mol. The maximum atomic E-state index is 16.1. The minimum atomic E-state index is -3.44. The van der Waals surface area contributed by atoms with E-state index in [1.165, 1.54) is 39.5 Å². The van der Waals surface area contributed by atoms with E-state index in [4.69, 9.17) is 46.1 Å². The fourth-order valence-corrected chi connectivity index (χ4v) is 9.27. The molecule has 1 atom stereocenters. The molecule has 7 aromatic carbocycles. The van der Waals surface area contributed by atoms with Crippen molar-refractivity contribution in [2.24, 2.45) is 0 Å². The molecule has 0 bridgehead atoms. The summed E-state index contributed by atoms with van der Waals surface area (Å²) in [5.41, 5.74) is 0.703. The first-order chi connectivity index (χ1) is 39.3. The summed E-state index contributed by atoms with van der Waals surface area (Å²) in [6.45, 7) is 8.59. The second-order valence-corrected chi connectivity index (χ2v) is 23.9. The Kier molecular flexibility index (Phi) is 14.4. The van der Waals surface area contributed by atoms with Crippen molar-refractivity contribution < 1.29 is 65.9 Å². The van der Waals surface area contributed by atoms with E-state index in [0.29, 0.717) is 22.3 Å². The third kappa shape index (κ3) is 12.4. The molecule has 1 unspecified atom stereocenters. The van der Waals surface area contributed by atoms with Gasteiger partial charge in [-0.3, -0.25) is 4.79 Å². The van der Waals surface area contributed by atoms with Gasteiger partial charge in [-0.2, -0.15) is 0 Å². The Morgan fingerprint density at radius 1 is 0.605 bits per heavy atom. The largest absolute Gasteiger partial charge is 0.496 e. The van der Waals surface area contributed by atoms with Crippen LogP contribution in [-0.2, 0) is 46.8 Å². The van der Waals surface area contributed by atoms with Crippen LogP contribution in [0.2, 0.25) is 18.1 Å². The van der Waals surface area contributed by atoms with Crippen LogP contribution in [0.5, 0.6) is 40.2 Å². The zero-order chi connectivity index (χ0) is 60.1. The number of hydrogen-bond donors (Lipinski definition) is 0. The van der Waals surface area contributed by atoms with Gasteiger partial charge in [0.1, 0.15) is 43.3 Å². The molecule has 0 amide bonds. The van der Waals surface area contributed by atoms with Gasteiger partial charge in [-0.05, 0) is 64.0 Å². The van der Waals surface area contributed by atoms with Gasteiger partial charge in [0.25, 0.3) is 0 Å². The van der Waals surface area contributed by atoms with Crippen LogP contribution in [0.1, 0.15) is 86.8 Å². The van der Waals surface area contributed by atoms with Crippen LogP contribution in [0.25, 0.3) is 21.5 Å². The van der Waals surface area contributed by atoms with Crippen molar-refractivity contribution in [1.82, 2.24) is 0 Å². The molecule has 0 saturated heterocycles. The Bertz CT molecular complexity index is 3670. The highest BCUT2D eigenvalue weighted by molar-refractivity contribution is 6.74. The lowest BCUT2D eigenvalue weighted by molar-refractivity contribution is -0.120. The smallest absolute Gasteiger partial charge is 0.374 e. The summed E-state index contributed by atoms with van der Waals surface area (Å²) in [4.78, 5) is 43.9. The number of ketones is 1. The van der Waals surface area contributed by atoms with Gasteiger partial charge in [0.2, 0.25) is 5.76 Å². The molecule has 76 heavy (non-hydrogen) atoms. The Morgan fingerprint density at radius 2 is 1.09 bits per heavy atom. The molecule has 0 aliphatic heterocycles. The van der Waals surface area contributed by atoms with Gasteiger partial charge in [0.15, 0.2) is 42.8 Å². The third-order valence-electron chi connectivity index (χ3n) is 13.1. The maximum Gasteiger partial charge on any atom is 0.374 e. The summed E-state index contributed by atoms with van der Waals surface area (Å²) in [5.74, 6) is -4.45. The maximum absolute atomic E-state index is 16.1. The minimum absolute atomic E-state index is 0.0874. The van der Waals surface area contributed by atoms with E-state index in [-0.39, 0.29) is 93.8 Å². The average Bonchev–Trinajstić information content (AvgIpc) is 1.38. The fourth-order valence-electron chi connectivity index (χ4n) is 8.14. The predicted molar refractivity (Wildman–Crippen MR) is 295 cm³/mol. The number of carbonyl (C=O) groups is 2. The van der Waals surface area contributed by atoms with Gasteiger partial charge in [0, 0.05) is 40.8 Å². The molecule has 8 aromatic rings. The van der Waals surface area contributed by atoms with Crippen molar-refractivity contribution in [2.75, 3.05) is 28.4 Å². The number of ether oxygens (including phenoxy) is 8. The quantitative estimate of drug-likeness (QED) is 0.0442. The first-order valence-electron chi connectivity index (χ1n) is 27.9. The summed E-state index contributed by atoms with van der Waals surface area (Å²) >= 11 is 0. The van der Waals surface area contributed by atoms with Crippen LogP contribution >= 0.6 is 0 Å². The lowest BCUT2D eigenvalue weighted by Gasteiger charge is -2.39. The molecule has 0 spiro atoms. The summed E-state index contributed by atoms with van der Waals surface area (Å²) in [6, 6.07) is 41.0. The Balaban J connectivity index is 1.43. The van der Waals surface area contributed by atoms with Gasteiger partial charge in [-0.1, -0.05) is 142 Å². The van der Waals surface area contributed by atoms with Crippen LogP contribution in [-0.4, -0.2) is 48.4 Å². The Morgan fingerprint density at radius 3 is 1.57 bits per heavy atom. The fraction of sp³-hybridized carbons (Fsp3) is 0.274. The van der Waals surface area contributed by atoms with Gasteiger partial charge in [0.05, 0.1) is 44.0 Å². The van der Waals surface area contributed by atoms with Crippen molar-refractivity contribution >= 4 is 41.6 Å². The van der Waals surface area contributed by atoms with E-state index >= 15 is 4.79 Å². The predicted octanol–water partition coefficient (Wildman–Crippen LogP) is 13.3. The number of esters is 1. The zero-order valence-electron chi connectivity index (χ0n) is 50.6. The molecule has 13 nitrogen and oxygen atoms in total. The molecule has 394 valence electrons. The van der Waals surface area contributed by atoms with Crippen LogP contribution in [0.4, 0.5) is 0 Å². The lowest BCUT2D eigenvalue weighted by Crippen LogP contribution is -2.42. The first kappa shape index (κ1) is 45.3. The van der Waals surface area contributed by atoms with Gasteiger partial charge < -0.3 is 46.7 Å². The second-order valence-electron chi connectivity index (χ2n) is 19.1. The summed E-state index contributed by atoms with van der Waals surface area (Å²) in [7, 11) is -2.37. The number of benzene rings is 7. The molecule has 0 aliphatic carbocycles. The number of carbonyl (C=O) groups excluding carboxylic acids is 2. The average molecular weight is 1050 g/mol. The van der Waals surface area contributed by atoms with Crippen LogP contribution in [0, 0.1) is 0 Å². The highest BCUT2D eigenvalue weighted by Crippen LogP contribution is 2.52. The summed E-state index contributed by atoms with van der Waals surface area (Å²) in [6.07, 6.45) is -8.93. The van der Waals surface area contributed by atoms with E-state index in [0.717, 1.165) is 6.07 Å².